The van der Waals surface area contributed by atoms with Gasteiger partial charge in [0.05, 0.1) is 0 Å². The third-order valence-corrected chi connectivity index (χ3v) is 4.72. The number of rotatable bonds is 4. The molecule has 18 heavy (non-hydrogen) atoms. The van der Waals surface area contributed by atoms with Crippen LogP contribution in [0.1, 0.15) is 26.3 Å². The minimum atomic E-state index is 0.339. The average Bonchev–Trinajstić information content (AvgIpc) is 2.71. The molecule has 1 aromatic carbocycles. The van der Waals surface area contributed by atoms with Gasteiger partial charge in [-0.1, -0.05) is 39.0 Å². The van der Waals surface area contributed by atoms with Crippen LogP contribution in [-0.4, -0.2) is 13.6 Å². The molecule has 1 unspecified atom stereocenters. The first-order chi connectivity index (χ1) is 8.52. The molecule has 0 aliphatic carbocycles. The predicted octanol–water partition coefficient (Wildman–Crippen LogP) is 4.33. The topological polar surface area (TPSA) is 12.0 Å². The molecule has 0 radical (unpaired) electrons. The quantitative estimate of drug-likeness (QED) is 0.864. The lowest BCUT2D eigenvalue weighted by Crippen LogP contribution is -2.31. The van der Waals surface area contributed by atoms with Crippen molar-refractivity contribution in [2.75, 3.05) is 13.6 Å². The van der Waals surface area contributed by atoms with E-state index in [0.29, 0.717) is 11.3 Å². The molecule has 1 heterocycles. The van der Waals surface area contributed by atoms with E-state index in [-0.39, 0.29) is 0 Å². The molecule has 0 spiro atoms. The SMILES string of the molecule is CNCC(Cc1csc2ccccc12)C(C)(C)C. The highest BCUT2D eigenvalue weighted by molar-refractivity contribution is 7.17. The van der Waals surface area contributed by atoms with Gasteiger partial charge < -0.3 is 5.32 Å². The van der Waals surface area contributed by atoms with Gasteiger partial charge in [0.2, 0.25) is 0 Å². The Bertz CT molecular complexity index is 507. The van der Waals surface area contributed by atoms with Gasteiger partial charge in [0.25, 0.3) is 0 Å². The zero-order valence-electron chi connectivity index (χ0n) is 11.8. The van der Waals surface area contributed by atoms with E-state index in [2.05, 4.69) is 55.7 Å². The summed E-state index contributed by atoms with van der Waals surface area (Å²) >= 11 is 1.86. The highest BCUT2D eigenvalue weighted by atomic mass is 32.1. The summed E-state index contributed by atoms with van der Waals surface area (Å²) in [6, 6.07) is 8.73. The second-order valence-corrected chi connectivity index (χ2v) is 6.99. The van der Waals surface area contributed by atoms with Gasteiger partial charge >= 0.3 is 0 Å². The third-order valence-electron chi connectivity index (χ3n) is 3.70. The molecule has 2 heteroatoms. The molecule has 2 aromatic rings. The summed E-state index contributed by atoms with van der Waals surface area (Å²) in [6.07, 6.45) is 1.16. The number of hydrogen-bond acceptors (Lipinski definition) is 2. The Hall–Kier alpha value is -0.860. The highest BCUT2D eigenvalue weighted by Crippen LogP contribution is 2.33. The van der Waals surface area contributed by atoms with Crippen molar-refractivity contribution in [3.8, 4) is 0 Å². The molecule has 0 amide bonds. The van der Waals surface area contributed by atoms with Crippen LogP contribution in [-0.2, 0) is 6.42 Å². The molecule has 0 aliphatic heterocycles. The highest BCUT2D eigenvalue weighted by Gasteiger charge is 2.24. The van der Waals surface area contributed by atoms with Gasteiger partial charge in [-0.05, 0) is 53.7 Å². The Morgan fingerprint density at radius 2 is 1.94 bits per heavy atom. The first-order valence-corrected chi connectivity index (χ1v) is 7.50. The van der Waals surface area contributed by atoms with E-state index < -0.39 is 0 Å². The van der Waals surface area contributed by atoms with E-state index in [0.717, 1.165) is 13.0 Å². The van der Waals surface area contributed by atoms with Crippen LogP contribution in [0.2, 0.25) is 0 Å². The normalized spacial score (nSPS) is 14.0. The Labute approximate surface area is 114 Å². The standard InChI is InChI=1S/C16H23NS/c1-16(2,3)13(10-17-4)9-12-11-18-15-8-6-5-7-14(12)15/h5-8,11,13,17H,9-10H2,1-4H3. The lowest BCUT2D eigenvalue weighted by atomic mass is 9.77. The van der Waals surface area contributed by atoms with Crippen molar-refractivity contribution in [1.29, 1.82) is 0 Å². The monoisotopic (exact) mass is 261 g/mol. The third kappa shape index (κ3) is 2.93. The molecular weight excluding hydrogens is 238 g/mol. The largest absolute Gasteiger partial charge is 0.319 e. The van der Waals surface area contributed by atoms with E-state index in [4.69, 9.17) is 0 Å². The summed E-state index contributed by atoms with van der Waals surface area (Å²) in [5.41, 5.74) is 1.84. The van der Waals surface area contributed by atoms with E-state index >= 15 is 0 Å². The number of thiophene rings is 1. The maximum atomic E-state index is 3.34. The molecule has 1 nitrogen and oxygen atoms in total. The van der Waals surface area contributed by atoms with E-state index in [1.54, 1.807) is 0 Å². The van der Waals surface area contributed by atoms with Gasteiger partial charge in [0.15, 0.2) is 0 Å². The van der Waals surface area contributed by atoms with Crippen LogP contribution in [0, 0.1) is 11.3 Å². The Kier molecular flexibility index (Phi) is 4.08. The summed E-state index contributed by atoms with van der Waals surface area (Å²) in [5, 5.41) is 7.11. The summed E-state index contributed by atoms with van der Waals surface area (Å²) < 4.78 is 1.41. The fourth-order valence-corrected chi connectivity index (χ4v) is 3.36. The predicted molar refractivity (Wildman–Crippen MR) is 82.4 cm³/mol. The van der Waals surface area contributed by atoms with Crippen molar-refractivity contribution in [1.82, 2.24) is 5.32 Å². The lowest BCUT2D eigenvalue weighted by Gasteiger charge is -2.30. The Balaban J connectivity index is 2.26. The van der Waals surface area contributed by atoms with Crippen LogP contribution < -0.4 is 5.32 Å². The minimum absolute atomic E-state index is 0.339. The van der Waals surface area contributed by atoms with Gasteiger partial charge in [-0.25, -0.2) is 0 Å². The fraction of sp³-hybridized carbons (Fsp3) is 0.500. The number of hydrogen-bond donors (Lipinski definition) is 1. The average molecular weight is 261 g/mol. The molecule has 1 aromatic heterocycles. The molecule has 1 atom stereocenters. The summed E-state index contributed by atoms with van der Waals surface area (Å²) in [6.45, 7) is 8.09. The molecule has 0 saturated heterocycles. The molecule has 0 fully saturated rings. The summed E-state index contributed by atoms with van der Waals surface area (Å²) in [4.78, 5) is 0. The van der Waals surface area contributed by atoms with Gasteiger partial charge in [-0.15, -0.1) is 11.3 Å². The first-order valence-electron chi connectivity index (χ1n) is 6.62. The number of benzene rings is 1. The van der Waals surface area contributed by atoms with E-state index in [1.165, 1.54) is 15.6 Å². The van der Waals surface area contributed by atoms with Crippen LogP contribution >= 0.6 is 11.3 Å². The van der Waals surface area contributed by atoms with E-state index in [1.807, 2.05) is 18.4 Å². The van der Waals surface area contributed by atoms with Crippen molar-refractivity contribution in [2.24, 2.45) is 11.3 Å². The van der Waals surface area contributed by atoms with Crippen molar-refractivity contribution < 1.29 is 0 Å². The van der Waals surface area contributed by atoms with Gasteiger partial charge in [-0.2, -0.15) is 0 Å². The molecule has 2 rings (SSSR count). The van der Waals surface area contributed by atoms with Crippen LogP contribution in [0.15, 0.2) is 29.6 Å². The molecular formula is C16H23NS. The van der Waals surface area contributed by atoms with Crippen LogP contribution in [0.25, 0.3) is 10.1 Å². The van der Waals surface area contributed by atoms with Gasteiger partial charge in [0, 0.05) is 4.70 Å². The molecule has 1 N–H and O–H groups in total. The Morgan fingerprint density at radius 3 is 2.61 bits per heavy atom. The van der Waals surface area contributed by atoms with Crippen LogP contribution in [0.4, 0.5) is 0 Å². The molecule has 0 bridgehead atoms. The summed E-state index contributed by atoms with van der Waals surface area (Å²) in [5.74, 6) is 0.667. The zero-order chi connectivity index (χ0) is 13.2. The van der Waals surface area contributed by atoms with Crippen LogP contribution in [0.5, 0.6) is 0 Å². The van der Waals surface area contributed by atoms with Gasteiger partial charge in [0.1, 0.15) is 0 Å². The number of nitrogens with one attached hydrogen (secondary N) is 1. The minimum Gasteiger partial charge on any atom is -0.319 e. The zero-order valence-corrected chi connectivity index (χ0v) is 12.6. The Morgan fingerprint density at radius 1 is 1.22 bits per heavy atom. The smallest absolute Gasteiger partial charge is 0.0345 e. The second kappa shape index (κ2) is 5.41. The van der Waals surface area contributed by atoms with Crippen molar-refractivity contribution in [3.63, 3.8) is 0 Å². The van der Waals surface area contributed by atoms with Crippen LogP contribution in [0.3, 0.4) is 0 Å². The molecule has 0 aliphatic rings. The van der Waals surface area contributed by atoms with Crippen molar-refractivity contribution >= 4 is 21.4 Å². The molecule has 0 saturated carbocycles. The van der Waals surface area contributed by atoms with Gasteiger partial charge in [-0.3, -0.25) is 0 Å². The molecule has 98 valence electrons. The first kappa shape index (κ1) is 13.6. The van der Waals surface area contributed by atoms with Crippen molar-refractivity contribution in [2.45, 2.75) is 27.2 Å². The fourth-order valence-electron chi connectivity index (χ4n) is 2.39. The maximum absolute atomic E-state index is 3.34. The second-order valence-electron chi connectivity index (χ2n) is 6.08. The van der Waals surface area contributed by atoms with E-state index in [9.17, 15) is 0 Å². The lowest BCUT2D eigenvalue weighted by molar-refractivity contribution is 0.235. The van der Waals surface area contributed by atoms with Crippen molar-refractivity contribution in [3.05, 3.63) is 35.2 Å². The maximum Gasteiger partial charge on any atom is 0.0345 e. The summed E-state index contributed by atoms with van der Waals surface area (Å²) in [7, 11) is 2.05. The number of fused-ring (bicyclic) bond motifs is 1.